The monoisotopic (exact) mass is 178 g/mol. The van der Waals surface area contributed by atoms with E-state index in [0.29, 0.717) is 0 Å². The fraction of sp³-hybridized carbons (Fsp3) is 0.700. The molecule has 2 aliphatic heterocycles. The molecule has 1 fully saturated rings. The highest BCUT2D eigenvalue weighted by Gasteiger charge is 2.43. The Balaban J connectivity index is 2.00. The minimum Gasteiger partial charge on any atom is -0.363 e. The van der Waals surface area contributed by atoms with Crippen LogP contribution in [0, 0.1) is 0 Å². The molecular formula is C10H14N2O. The lowest BCUT2D eigenvalue weighted by Gasteiger charge is -2.11. The second-order valence-corrected chi connectivity index (χ2v) is 4.21. The van der Waals surface area contributed by atoms with Gasteiger partial charge in [-0.1, -0.05) is 0 Å². The van der Waals surface area contributed by atoms with Crippen LogP contribution in [0.4, 0.5) is 0 Å². The zero-order chi connectivity index (χ0) is 8.89. The summed E-state index contributed by atoms with van der Waals surface area (Å²) in [5.74, 6) is 1.25. The van der Waals surface area contributed by atoms with Crippen LogP contribution in [0.2, 0.25) is 0 Å². The Bertz CT molecular complexity index is 315. The second kappa shape index (κ2) is 2.35. The van der Waals surface area contributed by atoms with Crippen LogP contribution in [-0.4, -0.2) is 16.2 Å². The van der Waals surface area contributed by atoms with Crippen LogP contribution in [0.5, 0.6) is 0 Å². The van der Waals surface area contributed by atoms with E-state index in [-0.39, 0.29) is 5.60 Å². The minimum absolute atomic E-state index is 0.0513. The molecule has 0 spiro atoms. The maximum atomic E-state index is 5.38. The van der Waals surface area contributed by atoms with E-state index >= 15 is 0 Å². The molecule has 1 saturated heterocycles. The highest BCUT2D eigenvalue weighted by molar-refractivity contribution is 5.17. The number of ether oxygens (including phenoxy) is 1. The zero-order valence-electron chi connectivity index (χ0n) is 7.92. The third kappa shape index (κ3) is 1.10. The maximum Gasteiger partial charge on any atom is 0.132 e. The van der Waals surface area contributed by atoms with Crippen LogP contribution in [0.15, 0.2) is 6.20 Å². The molecular weight excluding hydrogens is 164 g/mol. The fourth-order valence-electron chi connectivity index (χ4n) is 1.92. The van der Waals surface area contributed by atoms with E-state index in [1.54, 1.807) is 0 Å². The highest BCUT2D eigenvalue weighted by Crippen LogP contribution is 2.37. The third-order valence-electron chi connectivity index (χ3n) is 3.03. The second-order valence-electron chi connectivity index (χ2n) is 4.21. The Kier molecular flexibility index (Phi) is 1.37. The largest absolute Gasteiger partial charge is 0.363 e. The lowest BCUT2D eigenvalue weighted by Crippen LogP contribution is -2.08. The minimum atomic E-state index is -0.0513. The van der Waals surface area contributed by atoms with Gasteiger partial charge < -0.3 is 9.30 Å². The van der Waals surface area contributed by atoms with Crippen LogP contribution in [0.25, 0.3) is 0 Å². The lowest BCUT2D eigenvalue weighted by atomic mass is 10.1. The molecule has 1 aromatic heterocycles. The molecule has 0 bridgehead atoms. The molecule has 0 amide bonds. The van der Waals surface area contributed by atoms with E-state index in [9.17, 15) is 0 Å². The quantitative estimate of drug-likeness (QED) is 0.609. The fourth-order valence-corrected chi connectivity index (χ4v) is 1.92. The molecule has 3 heteroatoms. The van der Waals surface area contributed by atoms with Gasteiger partial charge in [0, 0.05) is 19.2 Å². The van der Waals surface area contributed by atoms with E-state index in [4.69, 9.17) is 4.74 Å². The molecule has 70 valence electrons. The van der Waals surface area contributed by atoms with Gasteiger partial charge in [0.1, 0.15) is 11.4 Å². The summed E-state index contributed by atoms with van der Waals surface area (Å²) in [5.41, 5.74) is 1.08. The molecule has 3 rings (SSSR count). The zero-order valence-corrected chi connectivity index (χ0v) is 7.92. The van der Waals surface area contributed by atoms with Gasteiger partial charge in [0.25, 0.3) is 0 Å². The van der Waals surface area contributed by atoms with E-state index < -0.39 is 0 Å². The van der Waals surface area contributed by atoms with Gasteiger partial charge >= 0.3 is 0 Å². The Hall–Kier alpha value is -0.830. The van der Waals surface area contributed by atoms with Crippen molar-refractivity contribution in [3.8, 4) is 0 Å². The number of imidazole rings is 1. The van der Waals surface area contributed by atoms with Gasteiger partial charge in [0.05, 0.1) is 12.3 Å². The number of hydrogen-bond acceptors (Lipinski definition) is 2. The van der Waals surface area contributed by atoms with Gasteiger partial charge in [-0.2, -0.15) is 0 Å². The first-order chi connectivity index (χ1) is 6.28. The van der Waals surface area contributed by atoms with Crippen molar-refractivity contribution < 1.29 is 4.74 Å². The van der Waals surface area contributed by atoms with Gasteiger partial charge in [0.2, 0.25) is 0 Å². The van der Waals surface area contributed by atoms with Crippen molar-refractivity contribution in [2.24, 2.45) is 0 Å². The molecule has 0 radical (unpaired) electrons. The first-order valence-corrected chi connectivity index (χ1v) is 4.98. The molecule has 0 saturated carbocycles. The molecule has 1 unspecified atom stereocenters. The van der Waals surface area contributed by atoms with E-state index in [2.05, 4.69) is 22.7 Å². The Morgan fingerprint density at radius 2 is 2.38 bits per heavy atom. The Labute approximate surface area is 77.7 Å². The van der Waals surface area contributed by atoms with Crippen molar-refractivity contribution in [3.63, 3.8) is 0 Å². The molecule has 0 aromatic carbocycles. The molecule has 0 aliphatic carbocycles. The topological polar surface area (TPSA) is 30.4 Å². The number of epoxide rings is 1. The average molecular weight is 178 g/mol. The molecule has 1 aromatic rings. The summed E-state index contributed by atoms with van der Waals surface area (Å²) in [5, 5.41) is 0. The van der Waals surface area contributed by atoms with Gasteiger partial charge in [0.15, 0.2) is 0 Å². The normalized spacial score (nSPS) is 31.5. The predicted octanol–water partition coefficient (Wildman–Crippen LogP) is 1.46. The first-order valence-electron chi connectivity index (χ1n) is 4.98. The predicted molar refractivity (Wildman–Crippen MR) is 48.5 cm³/mol. The summed E-state index contributed by atoms with van der Waals surface area (Å²) in [6.07, 6.45) is 5.88. The van der Waals surface area contributed by atoms with Crippen molar-refractivity contribution in [3.05, 3.63) is 17.7 Å². The van der Waals surface area contributed by atoms with Crippen molar-refractivity contribution >= 4 is 0 Å². The standard InChI is InChI=1S/C10H14N2O/c1-10(7-13-10)8-6-12-5-3-2-4-9(12)11-8/h6H,2-5,7H2,1H3. The summed E-state index contributed by atoms with van der Waals surface area (Å²) < 4.78 is 7.67. The summed E-state index contributed by atoms with van der Waals surface area (Å²) in [4.78, 5) is 4.62. The van der Waals surface area contributed by atoms with Gasteiger partial charge in [-0.3, -0.25) is 0 Å². The van der Waals surface area contributed by atoms with Crippen LogP contribution >= 0.6 is 0 Å². The van der Waals surface area contributed by atoms with Gasteiger partial charge in [-0.05, 0) is 19.8 Å². The summed E-state index contributed by atoms with van der Waals surface area (Å²) in [6.45, 7) is 4.09. The maximum absolute atomic E-state index is 5.38. The Morgan fingerprint density at radius 3 is 3.08 bits per heavy atom. The summed E-state index contributed by atoms with van der Waals surface area (Å²) in [7, 11) is 0. The lowest BCUT2D eigenvalue weighted by molar-refractivity contribution is 0.324. The average Bonchev–Trinajstić information content (AvgIpc) is 2.76. The number of rotatable bonds is 1. The van der Waals surface area contributed by atoms with Crippen LogP contribution < -0.4 is 0 Å². The molecule has 2 aliphatic rings. The number of hydrogen-bond donors (Lipinski definition) is 0. The van der Waals surface area contributed by atoms with E-state index in [1.165, 1.54) is 18.7 Å². The number of aromatic nitrogens is 2. The molecule has 13 heavy (non-hydrogen) atoms. The summed E-state index contributed by atoms with van der Waals surface area (Å²) in [6, 6.07) is 0. The van der Waals surface area contributed by atoms with Gasteiger partial charge in [-0.15, -0.1) is 0 Å². The van der Waals surface area contributed by atoms with Gasteiger partial charge in [-0.25, -0.2) is 4.98 Å². The first kappa shape index (κ1) is 7.56. The number of aryl methyl sites for hydroxylation is 2. The van der Waals surface area contributed by atoms with Crippen molar-refractivity contribution in [1.82, 2.24) is 9.55 Å². The number of fused-ring (bicyclic) bond motifs is 1. The van der Waals surface area contributed by atoms with Crippen LogP contribution in [0.3, 0.4) is 0 Å². The summed E-state index contributed by atoms with van der Waals surface area (Å²) >= 11 is 0. The van der Waals surface area contributed by atoms with Crippen molar-refractivity contribution in [1.29, 1.82) is 0 Å². The van der Waals surface area contributed by atoms with E-state index in [1.807, 2.05) is 0 Å². The molecule has 1 atom stereocenters. The Morgan fingerprint density at radius 1 is 1.54 bits per heavy atom. The third-order valence-corrected chi connectivity index (χ3v) is 3.03. The highest BCUT2D eigenvalue weighted by atomic mass is 16.6. The molecule has 3 heterocycles. The SMILES string of the molecule is CC1(c2cn3c(n2)CCCC3)CO1. The van der Waals surface area contributed by atoms with Crippen LogP contribution in [-0.2, 0) is 23.3 Å². The smallest absolute Gasteiger partial charge is 0.132 e. The molecule has 0 N–H and O–H groups in total. The van der Waals surface area contributed by atoms with Crippen molar-refractivity contribution in [2.75, 3.05) is 6.61 Å². The van der Waals surface area contributed by atoms with Crippen molar-refractivity contribution in [2.45, 2.75) is 38.3 Å². The van der Waals surface area contributed by atoms with E-state index in [0.717, 1.165) is 25.3 Å². The molecule has 3 nitrogen and oxygen atoms in total. The van der Waals surface area contributed by atoms with Crippen LogP contribution in [0.1, 0.15) is 31.3 Å². The number of nitrogens with zero attached hydrogens (tertiary/aromatic N) is 2.